The molecule has 1 rings (SSSR count). The Balaban J connectivity index is 2.24. The Kier molecular flexibility index (Phi) is 2.70. The van der Waals surface area contributed by atoms with E-state index in [0.717, 1.165) is 19.3 Å². The fraction of sp³-hybridized carbons (Fsp3) is 0.857. The lowest BCUT2D eigenvalue weighted by molar-refractivity contribution is 0.188. The molecule has 4 nitrogen and oxygen atoms in total. The summed E-state index contributed by atoms with van der Waals surface area (Å²) in [7, 11) is 0. The first-order valence-corrected chi connectivity index (χ1v) is 3.82. The van der Waals surface area contributed by atoms with Crippen LogP contribution in [0.4, 0.5) is 4.79 Å². The van der Waals surface area contributed by atoms with Crippen LogP contribution in [0.3, 0.4) is 0 Å². The van der Waals surface area contributed by atoms with Crippen LogP contribution in [-0.4, -0.2) is 29.0 Å². The van der Waals surface area contributed by atoms with Gasteiger partial charge in [0.25, 0.3) is 0 Å². The largest absolute Gasteiger partial charge is 0.465 e. The summed E-state index contributed by atoms with van der Waals surface area (Å²) in [4.78, 5) is 10.2. The zero-order chi connectivity index (χ0) is 8.27. The number of aliphatic hydroxyl groups excluding tert-OH is 1. The highest BCUT2D eigenvalue weighted by molar-refractivity contribution is 5.64. The maximum absolute atomic E-state index is 10.2. The lowest BCUT2D eigenvalue weighted by Gasteiger charge is -2.08. The molecule has 0 spiro atoms. The van der Waals surface area contributed by atoms with Gasteiger partial charge in [-0.3, -0.25) is 0 Å². The lowest BCUT2D eigenvalue weighted by Crippen LogP contribution is -2.31. The maximum Gasteiger partial charge on any atom is 0.404 e. The van der Waals surface area contributed by atoms with E-state index in [1.165, 1.54) is 0 Å². The average molecular weight is 159 g/mol. The molecule has 1 fully saturated rings. The second-order valence-electron chi connectivity index (χ2n) is 3.01. The summed E-state index contributed by atoms with van der Waals surface area (Å²) in [6.45, 7) is 0.178. The summed E-state index contributed by atoms with van der Waals surface area (Å²) in [6, 6.07) is 0.0599. The van der Waals surface area contributed by atoms with E-state index in [1.54, 1.807) is 0 Å². The molecule has 2 atom stereocenters. The summed E-state index contributed by atoms with van der Waals surface area (Å²) in [5, 5.41) is 19.5. The summed E-state index contributed by atoms with van der Waals surface area (Å²) in [6.07, 6.45) is 1.61. The Morgan fingerprint density at radius 1 is 1.55 bits per heavy atom. The number of carboxylic acid groups (broad SMARTS) is 1. The summed E-state index contributed by atoms with van der Waals surface area (Å²) >= 11 is 0. The van der Waals surface area contributed by atoms with Crippen LogP contribution < -0.4 is 5.32 Å². The van der Waals surface area contributed by atoms with Crippen LogP contribution in [0.5, 0.6) is 0 Å². The van der Waals surface area contributed by atoms with Gasteiger partial charge < -0.3 is 15.5 Å². The molecule has 0 aromatic carbocycles. The number of carbonyl (C=O) groups is 1. The van der Waals surface area contributed by atoms with Gasteiger partial charge >= 0.3 is 6.09 Å². The van der Waals surface area contributed by atoms with E-state index in [4.69, 9.17) is 10.2 Å². The third kappa shape index (κ3) is 2.38. The standard InChI is InChI=1S/C7H13NO3/c9-4-5-1-2-6(3-5)8-7(10)11/h5-6,8-9H,1-4H2,(H,10,11). The number of amides is 1. The molecular formula is C7H13NO3. The van der Waals surface area contributed by atoms with Crippen molar-refractivity contribution in [3.05, 3.63) is 0 Å². The van der Waals surface area contributed by atoms with Crippen LogP contribution in [0.2, 0.25) is 0 Å². The Labute approximate surface area is 65.2 Å². The fourth-order valence-corrected chi connectivity index (χ4v) is 1.55. The Morgan fingerprint density at radius 2 is 2.27 bits per heavy atom. The monoisotopic (exact) mass is 159 g/mol. The van der Waals surface area contributed by atoms with Crippen molar-refractivity contribution in [1.29, 1.82) is 0 Å². The van der Waals surface area contributed by atoms with Gasteiger partial charge in [0.15, 0.2) is 0 Å². The molecule has 1 saturated carbocycles. The Morgan fingerprint density at radius 3 is 2.73 bits per heavy atom. The van der Waals surface area contributed by atoms with Gasteiger partial charge in [-0.1, -0.05) is 0 Å². The molecule has 0 aliphatic heterocycles. The number of rotatable bonds is 2. The SMILES string of the molecule is O=C(O)NC1CCC(CO)C1. The molecule has 1 aliphatic rings. The maximum atomic E-state index is 10.2. The molecule has 0 aromatic heterocycles. The highest BCUT2D eigenvalue weighted by Gasteiger charge is 2.24. The quantitative estimate of drug-likeness (QED) is 0.546. The van der Waals surface area contributed by atoms with E-state index >= 15 is 0 Å². The molecule has 0 bridgehead atoms. The molecule has 11 heavy (non-hydrogen) atoms. The second-order valence-corrected chi connectivity index (χ2v) is 3.01. The molecule has 3 N–H and O–H groups in total. The van der Waals surface area contributed by atoms with Crippen LogP contribution in [0.15, 0.2) is 0 Å². The van der Waals surface area contributed by atoms with E-state index in [1.807, 2.05) is 0 Å². The Bertz CT molecular complexity index is 149. The van der Waals surface area contributed by atoms with E-state index in [0.29, 0.717) is 5.92 Å². The third-order valence-electron chi connectivity index (χ3n) is 2.13. The first-order chi connectivity index (χ1) is 5.22. The van der Waals surface area contributed by atoms with Crippen molar-refractivity contribution in [3.8, 4) is 0 Å². The average Bonchev–Trinajstić information content (AvgIpc) is 2.34. The van der Waals surface area contributed by atoms with Gasteiger partial charge in [-0.15, -0.1) is 0 Å². The van der Waals surface area contributed by atoms with Crippen molar-refractivity contribution in [2.24, 2.45) is 5.92 Å². The van der Waals surface area contributed by atoms with Gasteiger partial charge in [-0.2, -0.15) is 0 Å². The van der Waals surface area contributed by atoms with E-state index in [9.17, 15) is 4.79 Å². The van der Waals surface area contributed by atoms with Gasteiger partial charge in [-0.05, 0) is 25.2 Å². The van der Waals surface area contributed by atoms with Crippen LogP contribution in [0, 0.1) is 5.92 Å². The molecule has 64 valence electrons. The molecule has 0 heterocycles. The number of hydrogen-bond donors (Lipinski definition) is 3. The van der Waals surface area contributed by atoms with Gasteiger partial charge in [0, 0.05) is 12.6 Å². The first kappa shape index (κ1) is 8.33. The second kappa shape index (κ2) is 3.57. The number of hydrogen-bond acceptors (Lipinski definition) is 2. The molecule has 0 saturated heterocycles. The van der Waals surface area contributed by atoms with Crippen LogP contribution in [0.1, 0.15) is 19.3 Å². The predicted octanol–water partition coefficient (Wildman–Crippen LogP) is 0.415. The van der Waals surface area contributed by atoms with Crippen molar-refractivity contribution in [2.45, 2.75) is 25.3 Å². The van der Waals surface area contributed by atoms with E-state index < -0.39 is 6.09 Å². The van der Waals surface area contributed by atoms with Crippen LogP contribution in [-0.2, 0) is 0 Å². The molecular weight excluding hydrogens is 146 g/mol. The van der Waals surface area contributed by atoms with Crippen molar-refractivity contribution in [1.82, 2.24) is 5.32 Å². The molecule has 1 amide bonds. The van der Waals surface area contributed by atoms with E-state index in [2.05, 4.69) is 5.32 Å². The minimum absolute atomic E-state index is 0.0599. The topological polar surface area (TPSA) is 69.6 Å². The predicted molar refractivity (Wildman–Crippen MR) is 39.4 cm³/mol. The fourth-order valence-electron chi connectivity index (χ4n) is 1.55. The van der Waals surface area contributed by atoms with Crippen LogP contribution in [0.25, 0.3) is 0 Å². The highest BCUT2D eigenvalue weighted by Crippen LogP contribution is 2.24. The summed E-state index contributed by atoms with van der Waals surface area (Å²) in [5.41, 5.74) is 0. The molecule has 0 aromatic rings. The minimum atomic E-state index is -0.964. The molecule has 4 heteroatoms. The van der Waals surface area contributed by atoms with Crippen molar-refractivity contribution >= 4 is 6.09 Å². The zero-order valence-electron chi connectivity index (χ0n) is 6.29. The molecule has 1 aliphatic carbocycles. The highest BCUT2D eigenvalue weighted by atomic mass is 16.4. The number of aliphatic hydroxyl groups is 1. The number of nitrogens with one attached hydrogen (secondary N) is 1. The zero-order valence-corrected chi connectivity index (χ0v) is 6.29. The molecule has 0 radical (unpaired) electrons. The Hall–Kier alpha value is -0.770. The van der Waals surface area contributed by atoms with Crippen molar-refractivity contribution in [3.63, 3.8) is 0 Å². The van der Waals surface area contributed by atoms with Crippen LogP contribution >= 0.6 is 0 Å². The van der Waals surface area contributed by atoms with Gasteiger partial charge in [0.1, 0.15) is 0 Å². The van der Waals surface area contributed by atoms with Crippen molar-refractivity contribution in [2.75, 3.05) is 6.61 Å². The summed E-state index contributed by atoms with van der Waals surface area (Å²) < 4.78 is 0. The summed E-state index contributed by atoms with van der Waals surface area (Å²) in [5.74, 6) is 0.298. The van der Waals surface area contributed by atoms with Gasteiger partial charge in [0.05, 0.1) is 0 Å². The smallest absolute Gasteiger partial charge is 0.404 e. The first-order valence-electron chi connectivity index (χ1n) is 3.82. The van der Waals surface area contributed by atoms with Gasteiger partial charge in [0.2, 0.25) is 0 Å². The third-order valence-corrected chi connectivity index (χ3v) is 2.13. The van der Waals surface area contributed by atoms with Gasteiger partial charge in [-0.25, -0.2) is 4.79 Å². The van der Waals surface area contributed by atoms with E-state index in [-0.39, 0.29) is 12.6 Å². The minimum Gasteiger partial charge on any atom is -0.465 e. The normalized spacial score (nSPS) is 30.3. The molecule has 2 unspecified atom stereocenters. The lowest BCUT2D eigenvalue weighted by atomic mass is 10.1. The van der Waals surface area contributed by atoms with Crippen molar-refractivity contribution < 1.29 is 15.0 Å².